The number of nitrogens with one attached hydrogen (secondary N) is 1. The molecule has 0 spiro atoms. The van der Waals surface area contributed by atoms with Gasteiger partial charge in [-0.15, -0.1) is 0 Å². The van der Waals surface area contributed by atoms with E-state index in [1.807, 2.05) is 30.3 Å². The first-order chi connectivity index (χ1) is 12.7. The van der Waals surface area contributed by atoms with Crippen molar-refractivity contribution in [3.05, 3.63) is 76.7 Å². The van der Waals surface area contributed by atoms with E-state index in [0.717, 1.165) is 24.4 Å². The monoisotopic (exact) mass is 349 g/mol. The molecule has 0 aliphatic heterocycles. The van der Waals surface area contributed by atoms with Gasteiger partial charge in [0.25, 0.3) is 5.91 Å². The number of para-hydroxylation sites is 1. The minimum Gasteiger partial charge on any atom is -0.350 e. The van der Waals surface area contributed by atoms with Crippen LogP contribution in [0.4, 0.5) is 0 Å². The van der Waals surface area contributed by atoms with Gasteiger partial charge in [-0.05, 0) is 37.1 Å². The topological polar surface area (TPSA) is 81.8 Å². The Bertz CT molecular complexity index is 959. The smallest absolute Gasteiger partial charge is 0.350 e. The minimum absolute atomic E-state index is 0.170. The van der Waals surface area contributed by atoms with Gasteiger partial charge in [0.2, 0.25) is 0 Å². The maximum atomic E-state index is 12.8. The van der Waals surface area contributed by atoms with Gasteiger partial charge in [-0.3, -0.25) is 9.78 Å². The summed E-state index contributed by atoms with van der Waals surface area (Å²) in [5.41, 5.74) is 1.20. The molecule has 0 atom stereocenters. The highest BCUT2D eigenvalue weighted by atomic mass is 16.2. The van der Waals surface area contributed by atoms with Crippen LogP contribution >= 0.6 is 0 Å². The summed E-state index contributed by atoms with van der Waals surface area (Å²) in [4.78, 5) is 28.8. The summed E-state index contributed by atoms with van der Waals surface area (Å²) in [7, 11) is 0. The van der Waals surface area contributed by atoms with Gasteiger partial charge in [0.1, 0.15) is 5.82 Å². The van der Waals surface area contributed by atoms with Crippen LogP contribution in [0.1, 0.15) is 34.9 Å². The Morgan fingerprint density at radius 1 is 1.12 bits per heavy atom. The van der Waals surface area contributed by atoms with E-state index in [0.29, 0.717) is 24.6 Å². The summed E-state index contributed by atoms with van der Waals surface area (Å²) in [5.74, 6) is 0.961. The average Bonchev–Trinajstić information content (AvgIpc) is 3.48. The molecule has 1 aromatic carbocycles. The molecule has 1 amide bonds. The van der Waals surface area contributed by atoms with Crippen molar-refractivity contribution < 1.29 is 4.79 Å². The molecule has 7 nitrogen and oxygen atoms in total. The van der Waals surface area contributed by atoms with Crippen LogP contribution in [0.25, 0.3) is 5.69 Å². The first-order valence-corrected chi connectivity index (χ1v) is 8.67. The molecule has 2 aromatic heterocycles. The van der Waals surface area contributed by atoms with E-state index in [-0.39, 0.29) is 11.6 Å². The third kappa shape index (κ3) is 3.28. The first-order valence-electron chi connectivity index (χ1n) is 8.67. The van der Waals surface area contributed by atoms with Gasteiger partial charge < -0.3 is 5.32 Å². The van der Waals surface area contributed by atoms with Gasteiger partial charge in [0.05, 0.1) is 12.2 Å². The van der Waals surface area contributed by atoms with Gasteiger partial charge in [0.15, 0.2) is 0 Å². The SMILES string of the molecule is O=C(NCCn1nc(C2CC2)n(-c2ccccc2)c1=O)c1ccncc1. The number of aromatic nitrogens is 4. The van der Waals surface area contributed by atoms with Crippen LogP contribution in [-0.4, -0.2) is 31.8 Å². The Balaban J connectivity index is 1.51. The highest BCUT2D eigenvalue weighted by Crippen LogP contribution is 2.39. The highest BCUT2D eigenvalue weighted by molar-refractivity contribution is 5.93. The Labute approximate surface area is 150 Å². The molecule has 2 heterocycles. The molecule has 0 unspecified atom stereocenters. The minimum atomic E-state index is -0.189. The van der Waals surface area contributed by atoms with Crippen molar-refractivity contribution in [3.8, 4) is 5.69 Å². The van der Waals surface area contributed by atoms with Gasteiger partial charge in [-0.1, -0.05) is 18.2 Å². The van der Waals surface area contributed by atoms with Crippen LogP contribution < -0.4 is 11.0 Å². The fourth-order valence-electron chi connectivity index (χ4n) is 2.88. The number of carbonyl (C=O) groups excluding carboxylic acids is 1. The molecule has 132 valence electrons. The van der Waals surface area contributed by atoms with Gasteiger partial charge in [0, 0.05) is 30.4 Å². The highest BCUT2D eigenvalue weighted by Gasteiger charge is 2.31. The predicted molar refractivity (Wildman–Crippen MR) is 96.4 cm³/mol. The van der Waals surface area contributed by atoms with Crippen molar-refractivity contribution in [2.75, 3.05) is 6.54 Å². The van der Waals surface area contributed by atoms with E-state index < -0.39 is 0 Å². The molecule has 4 rings (SSSR count). The molecular weight excluding hydrogens is 330 g/mol. The van der Waals surface area contributed by atoms with Crippen LogP contribution in [0, 0.1) is 0 Å². The van der Waals surface area contributed by atoms with E-state index in [1.165, 1.54) is 4.68 Å². The summed E-state index contributed by atoms with van der Waals surface area (Å²) >= 11 is 0. The fourth-order valence-corrected chi connectivity index (χ4v) is 2.88. The van der Waals surface area contributed by atoms with Crippen molar-refractivity contribution in [2.45, 2.75) is 25.3 Å². The molecule has 0 bridgehead atoms. The lowest BCUT2D eigenvalue weighted by Crippen LogP contribution is -2.32. The van der Waals surface area contributed by atoms with E-state index >= 15 is 0 Å². The molecule has 3 aromatic rings. The number of rotatable bonds is 6. The number of carbonyl (C=O) groups is 1. The number of hydrogen-bond acceptors (Lipinski definition) is 4. The lowest BCUT2D eigenvalue weighted by molar-refractivity contribution is 0.0951. The second-order valence-corrected chi connectivity index (χ2v) is 6.30. The Morgan fingerprint density at radius 2 is 1.85 bits per heavy atom. The number of pyridine rings is 1. The number of nitrogens with zero attached hydrogens (tertiary/aromatic N) is 4. The van der Waals surface area contributed by atoms with E-state index in [2.05, 4.69) is 15.4 Å². The van der Waals surface area contributed by atoms with Crippen molar-refractivity contribution in [3.63, 3.8) is 0 Å². The zero-order valence-electron chi connectivity index (χ0n) is 14.2. The molecule has 1 aliphatic carbocycles. The largest absolute Gasteiger partial charge is 0.350 e. The third-order valence-electron chi connectivity index (χ3n) is 4.37. The zero-order valence-corrected chi connectivity index (χ0v) is 14.2. The van der Waals surface area contributed by atoms with Crippen molar-refractivity contribution in [1.82, 2.24) is 24.6 Å². The van der Waals surface area contributed by atoms with E-state index in [9.17, 15) is 9.59 Å². The number of hydrogen-bond donors (Lipinski definition) is 1. The summed E-state index contributed by atoms with van der Waals surface area (Å²) in [5, 5.41) is 7.34. The van der Waals surface area contributed by atoms with E-state index in [4.69, 9.17) is 0 Å². The van der Waals surface area contributed by atoms with Crippen LogP contribution in [0.5, 0.6) is 0 Å². The van der Waals surface area contributed by atoms with Crippen LogP contribution in [-0.2, 0) is 6.54 Å². The van der Waals surface area contributed by atoms with Crippen LogP contribution in [0.3, 0.4) is 0 Å². The molecule has 7 heteroatoms. The number of amides is 1. The van der Waals surface area contributed by atoms with Gasteiger partial charge in [-0.2, -0.15) is 5.10 Å². The molecule has 26 heavy (non-hydrogen) atoms. The normalized spacial score (nSPS) is 13.5. The third-order valence-corrected chi connectivity index (χ3v) is 4.37. The zero-order chi connectivity index (χ0) is 17.9. The quantitative estimate of drug-likeness (QED) is 0.735. The van der Waals surface area contributed by atoms with E-state index in [1.54, 1.807) is 29.1 Å². The van der Waals surface area contributed by atoms with Crippen molar-refractivity contribution in [1.29, 1.82) is 0 Å². The second kappa shape index (κ2) is 6.95. The second-order valence-electron chi connectivity index (χ2n) is 6.30. The van der Waals surface area contributed by atoms with Gasteiger partial charge in [-0.25, -0.2) is 14.0 Å². The Morgan fingerprint density at radius 3 is 2.54 bits per heavy atom. The molecule has 1 saturated carbocycles. The summed E-state index contributed by atoms with van der Waals surface area (Å²) in [6.45, 7) is 0.659. The maximum absolute atomic E-state index is 12.8. The standard InChI is InChI=1S/C19H19N5O2/c25-18(15-8-10-20-11-9-15)21-12-13-23-19(26)24(16-4-2-1-3-5-16)17(22-23)14-6-7-14/h1-5,8-11,14H,6-7,12-13H2,(H,21,25). The van der Waals surface area contributed by atoms with Crippen LogP contribution in [0.15, 0.2) is 59.7 Å². The molecular formula is C19H19N5O2. The van der Waals surface area contributed by atoms with Crippen molar-refractivity contribution in [2.24, 2.45) is 0 Å². The summed E-state index contributed by atoms with van der Waals surface area (Å²) in [6, 6.07) is 12.8. The Hall–Kier alpha value is -3.22. The fraction of sp³-hybridized carbons (Fsp3) is 0.263. The number of benzene rings is 1. The van der Waals surface area contributed by atoms with Gasteiger partial charge >= 0.3 is 5.69 Å². The molecule has 0 radical (unpaired) electrons. The lowest BCUT2D eigenvalue weighted by Gasteiger charge is -2.04. The molecule has 1 fully saturated rings. The molecule has 0 saturated heterocycles. The lowest BCUT2D eigenvalue weighted by atomic mass is 10.2. The molecule has 1 aliphatic rings. The average molecular weight is 349 g/mol. The maximum Gasteiger partial charge on any atom is 0.350 e. The predicted octanol–water partition coefficient (Wildman–Crippen LogP) is 1.74. The molecule has 1 N–H and O–H groups in total. The summed E-state index contributed by atoms with van der Waals surface area (Å²) in [6.07, 6.45) is 5.26. The Kier molecular flexibility index (Phi) is 4.35. The first kappa shape index (κ1) is 16.3. The summed E-state index contributed by atoms with van der Waals surface area (Å²) < 4.78 is 3.12. The van der Waals surface area contributed by atoms with Crippen molar-refractivity contribution >= 4 is 5.91 Å². The van der Waals surface area contributed by atoms with Crippen LogP contribution in [0.2, 0.25) is 0 Å².